The van der Waals surface area contributed by atoms with Crippen LogP contribution in [0.2, 0.25) is 20.1 Å². The van der Waals surface area contributed by atoms with E-state index in [1.54, 1.807) is 63.2 Å². The molecule has 3 N–H and O–H groups in total. The fourth-order valence-electron chi connectivity index (χ4n) is 4.90. The Morgan fingerprint density at radius 2 is 1.65 bits per heavy atom. The van der Waals surface area contributed by atoms with E-state index >= 15 is 0 Å². The number of thioether (sulfide) groups is 1. The number of unbranched alkanes of at least 4 members (excludes halogenated alkanes) is 5. The molecule has 1 aliphatic heterocycles. The summed E-state index contributed by atoms with van der Waals surface area (Å²) in [5, 5.41) is 3.93. The van der Waals surface area contributed by atoms with E-state index in [1.807, 2.05) is 0 Å². The first-order chi connectivity index (χ1) is 23.2. The summed E-state index contributed by atoms with van der Waals surface area (Å²) in [7, 11) is 0. The van der Waals surface area contributed by atoms with Gasteiger partial charge in [0.05, 0.1) is 26.4 Å². The summed E-state index contributed by atoms with van der Waals surface area (Å²) < 4.78 is 24.4. The summed E-state index contributed by atoms with van der Waals surface area (Å²) in [6.07, 6.45) is 6.13. The van der Waals surface area contributed by atoms with Crippen molar-refractivity contribution in [2.75, 3.05) is 21.2 Å². The lowest BCUT2D eigenvalue weighted by atomic mass is 9.95. The lowest BCUT2D eigenvalue weighted by molar-refractivity contribution is -0.123. The normalized spacial score (nSPS) is 16.2. The highest BCUT2D eigenvalue weighted by atomic mass is 35.5. The number of amidine groups is 1. The number of nitrogens with zero attached hydrogens (tertiary/aromatic N) is 3. The average molecular weight is 788 g/mol. The number of carbonyl (C=O) groups excluding carboxylic acids is 2. The van der Waals surface area contributed by atoms with Crippen LogP contribution in [0.5, 0.6) is 0 Å². The summed E-state index contributed by atoms with van der Waals surface area (Å²) in [4.78, 5) is 32.3. The van der Waals surface area contributed by atoms with E-state index < -0.39 is 27.8 Å². The molecule has 15 heteroatoms. The third kappa shape index (κ3) is 10.3. The van der Waals surface area contributed by atoms with Crippen molar-refractivity contribution in [3.05, 3.63) is 74.7 Å². The number of hydrogen-bond donors (Lipinski definition) is 3. The second kappa shape index (κ2) is 17.6. The second-order valence-electron chi connectivity index (χ2n) is 12.4. The number of hydrogen-bond acceptors (Lipinski definition) is 5. The van der Waals surface area contributed by atoms with Gasteiger partial charge < -0.3 is 5.32 Å². The van der Waals surface area contributed by atoms with Crippen LogP contribution in [0.25, 0.3) is 0 Å². The maximum atomic E-state index is 14.2. The van der Waals surface area contributed by atoms with Crippen LogP contribution in [-0.4, -0.2) is 38.2 Å². The van der Waals surface area contributed by atoms with Crippen molar-refractivity contribution in [1.82, 2.24) is 5.43 Å². The predicted molar refractivity (Wildman–Crippen MR) is 206 cm³/mol. The van der Waals surface area contributed by atoms with Gasteiger partial charge in [-0.05, 0) is 48.9 Å². The molecular weight excluding hydrogens is 748 g/mol. The molecule has 2 amide bonds. The molecule has 1 saturated heterocycles. The molecule has 0 radical (unpaired) electrons. The van der Waals surface area contributed by atoms with E-state index in [9.17, 15) is 18.4 Å². The Morgan fingerprint density at radius 1 is 1.00 bits per heavy atom. The number of rotatable bonds is 14. The zero-order chi connectivity index (χ0) is 35.9. The number of halogens is 4. The fourth-order valence-corrected chi connectivity index (χ4v) is 7.85. The van der Waals surface area contributed by atoms with Gasteiger partial charge in [-0.1, -0.05) is 118 Å². The Morgan fingerprint density at radius 3 is 2.31 bits per heavy atom. The van der Waals surface area contributed by atoms with Gasteiger partial charge in [0.1, 0.15) is 16.8 Å². The van der Waals surface area contributed by atoms with Crippen LogP contribution in [0.4, 0.5) is 22.7 Å². The number of carbonyl (C=O) groups is 2. The molecule has 2 unspecified atom stereocenters. The molecule has 9 nitrogen and oxygen atoms in total. The monoisotopic (exact) mass is 785 g/mol. The molecule has 3 aromatic rings. The molecule has 0 aliphatic carbocycles. The van der Waals surface area contributed by atoms with Gasteiger partial charge in [-0.3, -0.25) is 23.9 Å². The lowest BCUT2D eigenvalue weighted by Gasteiger charge is -2.23. The average Bonchev–Trinajstić information content (AvgIpc) is 3.31. The van der Waals surface area contributed by atoms with E-state index in [4.69, 9.17) is 51.4 Å². The molecule has 0 saturated carbocycles. The third-order valence-electron chi connectivity index (χ3n) is 7.53. The van der Waals surface area contributed by atoms with Gasteiger partial charge in [0.15, 0.2) is 0 Å². The molecular formula is C34H39Cl4N5O4S2. The number of benzene rings is 3. The largest absolute Gasteiger partial charge is 0.326 e. The molecule has 2 atom stereocenters. The van der Waals surface area contributed by atoms with E-state index in [2.05, 4.69) is 17.7 Å². The molecule has 1 fully saturated rings. The molecule has 0 bridgehead atoms. The molecule has 4 rings (SSSR count). The predicted octanol–water partition coefficient (Wildman–Crippen LogP) is 10.3. The van der Waals surface area contributed by atoms with E-state index in [0.717, 1.165) is 50.3 Å². The number of amides is 2. The first kappa shape index (κ1) is 39.3. The number of para-hydroxylation sites is 1. The molecule has 1 heterocycles. The first-order valence-electron chi connectivity index (χ1n) is 15.8. The highest BCUT2D eigenvalue weighted by molar-refractivity contribution is 8.01. The topological polar surface area (TPSA) is 114 Å². The SMILES string of the molecule is CCCCCCCCN(c1ccccc1SC1C(=O)N(c2c(Cl)cc(Cl)cc2Cl)NC1=Nc1cc(NC(=O)C(C)(C)C)ccc1Cl)S(=O)O. The van der Waals surface area contributed by atoms with Gasteiger partial charge in [0.25, 0.3) is 17.2 Å². The van der Waals surface area contributed by atoms with Crippen LogP contribution in [0.1, 0.15) is 66.2 Å². The number of hydrazine groups is 1. The summed E-state index contributed by atoms with van der Waals surface area (Å²) >= 11 is 24.7. The minimum Gasteiger partial charge on any atom is -0.326 e. The Hall–Kier alpha value is -2.51. The smallest absolute Gasteiger partial charge is 0.267 e. The summed E-state index contributed by atoms with van der Waals surface area (Å²) in [5.41, 5.74) is 3.85. The highest BCUT2D eigenvalue weighted by Crippen LogP contribution is 2.42. The van der Waals surface area contributed by atoms with Crippen molar-refractivity contribution in [1.29, 1.82) is 0 Å². The van der Waals surface area contributed by atoms with E-state index in [-0.39, 0.29) is 32.5 Å². The number of nitrogens with one attached hydrogen (secondary N) is 2. The standard InChI is InChI=1S/C34H39Cl4N5O4S2/c1-5-6-7-8-9-12-17-42(49(46)47)27-13-10-11-14-28(27)48-30-31(41-43(32(30)44)29-24(37)18-21(35)19-25(29)38)40-26-20-22(15-16-23(26)36)39-33(45)34(2,3)4/h10-11,13-16,18-20,30H,5-9,12,17H2,1-4H3,(H,39,45)(H,40,41)(H,46,47). The van der Waals surface area contributed by atoms with Crippen molar-refractivity contribution in [2.24, 2.45) is 10.4 Å². The minimum absolute atomic E-state index is 0.134. The van der Waals surface area contributed by atoms with Crippen LogP contribution in [-0.2, 0) is 20.9 Å². The van der Waals surface area contributed by atoms with Gasteiger partial charge in [0, 0.05) is 27.6 Å². The van der Waals surface area contributed by atoms with Crippen molar-refractivity contribution >= 4 is 110 Å². The molecule has 3 aromatic carbocycles. The van der Waals surface area contributed by atoms with Crippen molar-refractivity contribution in [2.45, 2.75) is 76.4 Å². The maximum Gasteiger partial charge on any atom is 0.267 e. The number of aliphatic imine (C=N–C) groups is 1. The Balaban J connectivity index is 1.73. The van der Waals surface area contributed by atoms with Gasteiger partial charge in [0.2, 0.25) is 5.91 Å². The summed E-state index contributed by atoms with van der Waals surface area (Å²) in [6, 6.07) is 14.9. The zero-order valence-corrected chi connectivity index (χ0v) is 32.2. The highest BCUT2D eigenvalue weighted by Gasteiger charge is 2.41. The third-order valence-corrected chi connectivity index (χ3v) is 10.7. The van der Waals surface area contributed by atoms with Crippen molar-refractivity contribution < 1.29 is 18.4 Å². The van der Waals surface area contributed by atoms with Gasteiger partial charge >= 0.3 is 0 Å². The van der Waals surface area contributed by atoms with E-state index in [1.165, 1.54) is 21.4 Å². The second-order valence-corrected chi connectivity index (χ2v) is 16.1. The molecule has 1 aliphatic rings. The Labute approximate surface area is 314 Å². The van der Waals surface area contributed by atoms with Crippen LogP contribution in [0.15, 0.2) is 64.5 Å². The van der Waals surface area contributed by atoms with Crippen LogP contribution in [0, 0.1) is 5.41 Å². The quantitative estimate of drug-likeness (QED) is 0.111. The minimum atomic E-state index is -2.31. The Kier molecular flexibility index (Phi) is 14.1. The summed E-state index contributed by atoms with van der Waals surface area (Å²) in [6.45, 7) is 7.92. The van der Waals surface area contributed by atoms with Crippen molar-refractivity contribution in [3.8, 4) is 0 Å². The van der Waals surface area contributed by atoms with Gasteiger partial charge in [-0.2, -0.15) is 0 Å². The van der Waals surface area contributed by atoms with Crippen molar-refractivity contribution in [3.63, 3.8) is 0 Å². The molecule has 49 heavy (non-hydrogen) atoms. The van der Waals surface area contributed by atoms with Crippen LogP contribution < -0.4 is 20.1 Å². The molecule has 0 aromatic heterocycles. The van der Waals surface area contributed by atoms with Crippen LogP contribution >= 0.6 is 58.2 Å². The zero-order valence-electron chi connectivity index (χ0n) is 27.6. The first-order valence-corrected chi connectivity index (χ1v) is 19.3. The molecule has 264 valence electrons. The van der Waals surface area contributed by atoms with Gasteiger partial charge in [-0.25, -0.2) is 14.2 Å². The number of anilines is 3. The molecule has 0 spiro atoms. The van der Waals surface area contributed by atoms with E-state index in [0.29, 0.717) is 33.5 Å². The maximum absolute atomic E-state index is 14.2. The van der Waals surface area contributed by atoms with Crippen LogP contribution in [0.3, 0.4) is 0 Å². The van der Waals surface area contributed by atoms with Gasteiger partial charge in [-0.15, -0.1) is 11.8 Å². The fraction of sp³-hybridized carbons (Fsp3) is 0.382. The lowest BCUT2D eigenvalue weighted by Crippen LogP contribution is -2.36. The summed E-state index contributed by atoms with van der Waals surface area (Å²) in [5.74, 6) is -0.455. The Bertz CT molecular complexity index is 1710.